The average molecular weight is 321 g/mol. The number of benzene rings is 1. The summed E-state index contributed by atoms with van der Waals surface area (Å²) in [5.74, 6) is -0.585. The number of hydrogen-bond acceptors (Lipinski definition) is 3. The van der Waals surface area contributed by atoms with E-state index in [9.17, 15) is 22.8 Å². The largest absolute Gasteiger partial charge is 0.453 e. The second-order valence-electron chi connectivity index (χ2n) is 4.95. The molecule has 0 spiro atoms. The fraction of sp³-hybridized carbons (Fsp3) is 0.125. The normalized spacial score (nSPS) is 11.8. The molecule has 1 aromatic carbocycles. The summed E-state index contributed by atoms with van der Waals surface area (Å²) in [5.41, 5.74) is -1.19. The minimum Gasteiger partial charge on any atom is -0.453 e. The zero-order valence-electron chi connectivity index (χ0n) is 11.6. The Morgan fingerprint density at radius 1 is 1.13 bits per heavy atom. The van der Waals surface area contributed by atoms with Crippen molar-refractivity contribution >= 4 is 16.8 Å². The van der Waals surface area contributed by atoms with E-state index in [2.05, 4.69) is 0 Å². The van der Waals surface area contributed by atoms with Crippen LogP contribution in [0.4, 0.5) is 13.2 Å². The molecule has 0 aliphatic heterocycles. The van der Waals surface area contributed by atoms with Crippen LogP contribution in [0.2, 0.25) is 0 Å². The van der Waals surface area contributed by atoms with Gasteiger partial charge in [0.15, 0.2) is 5.76 Å². The summed E-state index contributed by atoms with van der Waals surface area (Å²) in [6.07, 6.45) is -3.96. The number of halogens is 3. The first-order chi connectivity index (χ1) is 10.8. The molecule has 0 amide bonds. The van der Waals surface area contributed by atoms with Crippen molar-refractivity contribution in [3.63, 3.8) is 0 Å². The zero-order chi connectivity index (χ0) is 16.6. The van der Waals surface area contributed by atoms with E-state index in [1.54, 1.807) is 24.3 Å². The number of hydrogen-bond donors (Lipinski definition) is 0. The van der Waals surface area contributed by atoms with Crippen LogP contribution in [0.25, 0.3) is 11.0 Å². The van der Waals surface area contributed by atoms with E-state index in [4.69, 9.17) is 4.42 Å². The molecular formula is C16H10F3NO3. The van der Waals surface area contributed by atoms with Crippen molar-refractivity contribution in [1.29, 1.82) is 0 Å². The van der Waals surface area contributed by atoms with Crippen molar-refractivity contribution in [3.8, 4) is 0 Å². The lowest BCUT2D eigenvalue weighted by molar-refractivity contribution is -0.138. The number of para-hydroxylation sites is 1. The van der Waals surface area contributed by atoms with Gasteiger partial charge < -0.3 is 8.98 Å². The Bertz CT molecular complexity index is 904. The molecular weight excluding hydrogens is 311 g/mol. The third kappa shape index (κ3) is 3.03. The SMILES string of the molecule is O=C(Cn1cc(C(F)(F)F)ccc1=O)c1cc2ccccc2o1. The molecule has 0 unspecified atom stereocenters. The number of fused-ring (bicyclic) bond motifs is 1. The number of carbonyl (C=O) groups is 1. The lowest BCUT2D eigenvalue weighted by Crippen LogP contribution is -2.25. The van der Waals surface area contributed by atoms with E-state index in [1.807, 2.05) is 0 Å². The van der Waals surface area contributed by atoms with Gasteiger partial charge in [0.05, 0.1) is 12.1 Å². The summed E-state index contributed by atoms with van der Waals surface area (Å²) in [6, 6.07) is 9.88. The number of Topliss-reactive ketones (excluding diaryl/α,β-unsaturated/α-hetero) is 1. The van der Waals surface area contributed by atoms with E-state index in [1.165, 1.54) is 6.07 Å². The topological polar surface area (TPSA) is 52.2 Å². The maximum Gasteiger partial charge on any atom is 0.417 e. The molecule has 118 valence electrons. The molecule has 0 saturated heterocycles. The third-order valence-corrected chi connectivity index (χ3v) is 3.33. The molecule has 4 nitrogen and oxygen atoms in total. The summed E-state index contributed by atoms with van der Waals surface area (Å²) in [5, 5.41) is 0.701. The first-order valence-corrected chi connectivity index (χ1v) is 6.64. The smallest absolute Gasteiger partial charge is 0.417 e. The maximum absolute atomic E-state index is 12.7. The molecule has 7 heteroatoms. The quantitative estimate of drug-likeness (QED) is 0.694. The van der Waals surface area contributed by atoms with E-state index < -0.39 is 29.6 Å². The van der Waals surface area contributed by atoms with Gasteiger partial charge in [-0.3, -0.25) is 9.59 Å². The zero-order valence-corrected chi connectivity index (χ0v) is 11.6. The minimum absolute atomic E-state index is 0.00416. The number of aromatic nitrogens is 1. The molecule has 2 aromatic heterocycles. The van der Waals surface area contributed by atoms with Crippen molar-refractivity contribution in [2.75, 3.05) is 0 Å². The summed E-state index contributed by atoms with van der Waals surface area (Å²) < 4.78 is 44.1. The van der Waals surface area contributed by atoms with E-state index >= 15 is 0 Å². The molecule has 3 aromatic rings. The van der Waals surface area contributed by atoms with Crippen LogP contribution in [0.1, 0.15) is 16.1 Å². The summed E-state index contributed by atoms with van der Waals surface area (Å²) in [6.45, 7) is -0.525. The Kier molecular flexibility index (Phi) is 3.55. The first kappa shape index (κ1) is 15.1. The average Bonchev–Trinajstić information content (AvgIpc) is 2.92. The number of pyridine rings is 1. The standard InChI is InChI=1S/C16H10F3NO3/c17-16(18,19)11-5-6-15(22)20(8-11)9-12(21)14-7-10-3-1-2-4-13(10)23-14/h1-8H,9H2. The van der Waals surface area contributed by atoms with Crippen LogP contribution in [-0.2, 0) is 12.7 Å². The molecule has 0 radical (unpaired) electrons. The Morgan fingerprint density at radius 3 is 2.57 bits per heavy atom. The molecule has 23 heavy (non-hydrogen) atoms. The lowest BCUT2D eigenvalue weighted by atomic mass is 10.2. The highest BCUT2D eigenvalue weighted by Crippen LogP contribution is 2.28. The number of nitrogens with zero attached hydrogens (tertiary/aromatic N) is 1. The molecule has 3 rings (SSSR count). The van der Waals surface area contributed by atoms with E-state index in [0.717, 1.165) is 10.6 Å². The summed E-state index contributed by atoms with van der Waals surface area (Å²) in [4.78, 5) is 23.8. The molecule has 0 saturated carbocycles. The Labute approximate surface area is 127 Å². The van der Waals surface area contributed by atoms with Crippen LogP contribution in [-0.4, -0.2) is 10.4 Å². The number of carbonyl (C=O) groups excluding carboxylic acids is 1. The minimum atomic E-state index is -4.59. The lowest BCUT2D eigenvalue weighted by Gasteiger charge is -2.09. The van der Waals surface area contributed by atoms with E-state index in [0.29, 0.717) is 23.2 Å². The van der Waals surface area contributed by atoms with Gasteiger partial charge in [0.25, 0.3) is 5.56 Å². The van der Waals surface area contributed by atoms with Gasteiger partial charge in [0, 0.05) is 17.6 Å². The van der Waals surface area contributed by atoms with Gasteiger partial charge in [0.2, 0.25) is 5.78 Å². The number of ketones is 1. The Balaban J connectivity index is 1.92. The summed E-state index contributed by atoms with van der Waals surface area (Å²) in [7, 11) is 0. The summed E-state index contributed by atoms with van der Waals surface area (Å²) >= 11 is 0. The van der Waals surface area contributed by atoms with Gasteiger partial charge in [-0.05, 0) is 18.2 Å². The van der Waals surface area contributed by atoms with Gasteiger partial charge in [0.1, 0.15) is 5.58 Å². The molecule has 0 atom stereocenters. The number of rotatable bonds is 3. The van der Waals surface area contributed by atoms with Crippen LogP contribution in [0.5, 0.6) is 0 Å². The van der Waals surface area contributed by atoms with Crippen LogP contribution in [0.15, 0.2) is 57.9 Å². The monoisotopic (exact) mass is 321 g/mol. The van der Waals surface area contributed by atoms with Crippen molar-refractivity contribution in [3.05, 3.63) is 70.3 Å². The van der Waals surface area contributed by atoms with Crippen LogP contribution in [0, 0.1) is 0 Å². The van der Waals surface area contributed by atoms with Gasteiger partial charge in [-0.2, -0.15) is 13.2 Å². The number of alkyl halides is 3. The number of furan rings is 1. The first-order valence-electron chi connectivity index (χ1n) is 6.64. The molecule has 0 bridgehead atoms. The molecule has 2 heterocycles. The van der Waals surface area contributed by atoms with Gasteiger partial charge in [-0.1, -0.05) is 18.2 Å². The highest BCUT2D eigenvalue weighted by atomic mass is 19.4. The van der Waals surface area contributed by atoms with Crippen molar-refractivity contribution in [2.24, 2.45) is 0 Å². The maximum atomic E-state index is 12.7. The Morgan fingerprint density at radius 2 is 1.87 bits per heavy atom. The van der Waals surface area contributed by atoms with E-state index in [-0.39, 0.29) is 5.76 Å². The predicted molar refractivity (Wildman–Crippen MR) is 76.2 cm³/mol. The third-order valence-electron chi connectivity index (χ3n) is 3.33. The Hall–Kier alpha value is -2.83. The van der Waals surface area contributed by atoms with Gasteiger partial charge >= 0.3 is 6.18 Å². The second kappa shape index (κ2) is 5.42. The molecule has 0 aliphatic carbocycles. The van der Waals surface area contributed by atoms with Crippen molar-refractivity contribution in [1.82, 2.24) is 4.57 Å². The fourth-order valence-electron chi connectivity index (χ4n) is 2.17. The predicted octanol–water partition coefficient (Wildman–Crippen LogP) is 3.50. The fourth-order valence-corrected chi connectivity index (χ4v) is 2.17. The molecule has 0 N–H and O–H groups in total. The second-order valence-corrected chi connectivity index (χ2v) is 4.95. The molecule has 0 fully saturated rings. The van der Waals surface area contributed by atoms with Gasteiger partial charge in [-0.25, -0.2) is 0 Å². The molecule has 0 aliphatic rings. The van der Waals surface area contributed by atoms with Crippen LogP contribution in [0.3, 0.4) is 0 Å². The highest BCUT2D eigenvalue weighted by Gasteiger charge is 2.31. The van der Waals surface area contributed by atoms with Crippen LogP contribution < -0.4 is 5.56 Å². The highest BCUT2D eigenvalue weighted by molar-refractivity contribution is 5.97. The van der Waals surface area contributed by atoms with Gasteiger partial charge in [-0.15, -0.1) is 0 Å². The van der Waals surface area contributed by atoms with Crippen LogP contribution >= 0.6 is 0 Å². The van der Waals surface area contributed by atoms with Crippen molar-refractivity contribution in [2.45, 2.75) is 12.7 Å². The van der Waals surface area contributed by atoms with Crippen molar-refractivity contribution < 1.29 is 22.4 Å².